The molecule has 1 atom stereocenters. The number of hydrogen-bond donors (Lipinski definition) is 3. The number of likely N-dealkylation sites (tertiary alicyclic amines) is 1. The van der Waals surface area contributed by atoms with Gasteiger partial charge in [0.1, 0.15) is 11.5 Å². The molecule has 0 aliphatic carbocycles. The summed E-state index contributed by atoms with van der Waals surface area (Å²) in [7, 11) is 0. The van der Waals surface area contributed by atoms with E-state index in [2.05, 4.69) is 25.6 Å². The maximum atomic E-state index is 12.8. The number of aromatic amines is 2. The molecule has 0 aromatic carbocycles. The molecule has 0 bridgehead atoms. The van der Waals surface area contributed by atoms with E-state index in [0.717, 1.165) is 30.3 Å². The number of alkyl halides is 3. The Kier molecular flexibility index (Phi) is 5.18. The minimum Gasteiger partial charge on any atom is -0.337 e. The van der Waals surface area contributed by atoms with E-state index in [9.17, 15) is 18.0 Å². The number of amides is 1. The second-order valence-corrected chi connectivity index (χ2v) is 7.26. The van der Waals surface area contributed by atoms with E-state index in [-0.39, 0.29) is 11.6 Å². The SMILES string of the molecule is Cc1cc(Nc2cccc([C@@H]3CCCN(C(=O)c4cc(C(F)(F)F)[nH]n4)C3)n2)n[nH]1. The fourth-order valence-corrected chi connectivity index (χ4v) is 3.50. The lowest BCUT2D eigenvalue weighted by Crippen LogP contribution is -2.39. The molecule has 8 nitrogen and oxygen atoms in total. The van der Waals surface area contributed by atoms with E-state index >= 15 is 0 Å². The molecule has 0 saturated carbocycles. The Morgan fingerprint density at radius 1 is 1.20 bits per heavy atom. The first-order valence-electron chi connectivity index (χ1n) is 9.47. The number of nitrogens with zero attached hydrogens (tertiary/aromatic N) is 4. The van der Waals surface area contributed by atoms with E-state index < -0.39 is 17.8 Å². The Morgan fingerprint density at radius 3 is 2.73 bits per heavy atom. The summed E-state index contributed by atoms with van der Waals surface area (Å²) >= 11 is 0. The molecular formula is C19H20F3N7O. The van der Waals surface area contributed by atoms with Gasteiger partial charge in [-0.1, -0.05) is 6.07 Å². The van der Waals surface area contributed by atoms with Crippen molar-refractivity contribution < 1.29 is 18.0 Å². The van der Waals surface area contributed by atoms with Gasteiger partial charge in [0.2, 0.25) is 0 Å². The van der Waals surface area contributed by atoms with Gasteiger partial charge in [-0.25, -0.2) is 4.98 Å². The standard InChI is InChI=1S/C19H20F3N7O/c1-11-8-17(28-25-11)24-16-6-2-5-13(23-16)12-4-3-7-29(10-12)18(30)14-9-15(27-26-14)19(20,21)22/h2,5-6,8-9,12H,3-4,7,10H2,1H3,(H,26,27)(H2,23,24,25,28)/t12-/m1/s1. The average Bonchev–Trinajstić information content (AvgIpc) is 3.37. The van der Waals surface area contributed by atoms with Crippen LogP contribution in [0.25, 0.3) is 0 Å². The number of aromatic nitrogens is 5. The highest BCUT2D eigenvalue weighted by Gasteiger charge is 2.35. The third kappa shape index (κ3) is 4.29. The third-order valence-electron chi connectivity index (χ3n) is 4.96. The molecule has 3 N–H and O–H groups in total. The number of carbonyl (C=O) groups excluding carboxylic acids is 1. The van der Waals surface area contributed by atoms with Gasteiger partial charge in [-0.15, -0.1) is 0 Å². The normalized spacial score (nSPS) is 17.2. The van der Waals surface area contributed by atoms with Gasteiger partial charge < -0.3 is 10.2 Å². The Hall–Kier alpha value is -3.37. The zero-order chi connectivity index (χ0) is 21.3. The lowest BCUT2D eigenvalue weighted by Gasteiger charge is -2.32. The maximum absolute atomic E-state index is 12.8. The van der Waals surface area contributed by atoms with Crippen LogP contribution in [0, 0.1) is 6.92 Å². The van der Waals surface area contributed by atoms with Crippen molar-refractivity contribution in [2.75, 3.05) is 18.4 Å². The minimum atomic E-state index is -4.57. The largest absolute Gasteiger partial charge is 0.432 e. The van der Waals surface area contributed by atoms with Crippen LogP contribution in [0.5, 0.6) is 0 Å². The van der Waals surface area contributed by atoms with Crippen LogP contribution in [-0.2, 0) is 6.18 Å². The molecule has 11 heteroatoms. The second-order valence-electron chi connectivity index (χ2n) is 7.26. The van der Waals surface area contributed by atoms with E-state index in [1.165, 1.54) is 4.90 Å². The number of nitrogens with one attached hydrogen (secondary N) is 3. The Labute approximate surface area is 169 Å². The summed E-state index contributed by atoms with van der Waals surface area (Å²) in [6, 6.07) is 8.18. The molecular weight excluding hydrogens is 399 g/mol. The quantitative estimate of drug-likeness (QED) is 0.600. The number of halogens is 3. The summed E-state index contributed by atoms with van der Waals surface area (Å²) in [5.41, 5.74) is 0.457. The van der Waals surface area contributed by atoms with Crippen LogP contribution < -0.4 is 5.32 Å². The lowest BCUT2D eigenvalue weighted by molar-refractivity contribution is -0.141. The van der Waals surface area contributed by atoms with Crippen LogP contribution in [-0.4, -0.2) is 49.3 Å². The number of piperidine rings is 1. The Bertz CT molecular complexity index is 1040. The van der Waals surface area contributed by atoms with Crippen molar-refractivity contribution in [1.82, 2.24) is 30.3 Å². The molecule has 1 saturated heterocycles. The highest BCUT2D eigenvalue weighted by molar-refractivity contribution is 5.92. The van der Waals surface area contributed by atoms with Crippen LogP contribution in [0.15, 0.2) is 30.3 Å². The van der Waals surface area contributed by atoms with Crippen LogP contribution in [0.3, 0.4) is 0 Å². The predicted octanol–water partition coefficient (Wildman–Crippen LogP) is 3.62. The van der Waals surface area contributed by atoms with Crippen molar-refractivity contribution in [3.63, 3.8) is 0 Å². The van der Waals surface area contributed by atoms with Gasteiger partial charge in [0.25, 0.3) is 5.91 Å². The molecule has 1 aliphatic rings. The topological polar surface area (TPSA) is 103 Å². The van der Waals surface area contributed by atoms with Gasteiger partial charge >= 0.3 is 6.18 Å². The number of H-pyrrole nitrogens is 2. The van der Waals surface area contributed by atoms with E-state index in [1.807, 2.05) is 36.3 Å². The van der Waals surface area contributed by atoms with Gasteiger partial charge in [0.15, 0.2) is 11.5 Å². The Morgan fingerprint density at radius 2 is 2.03 bits per heavy atom. The van der Waals surface area contributed by atoms with Crippen LogP contribution in [0.1, 0.15) is 46.3 Å². The molecule has 0 spiro atoms. The Balaban J connectivity index is 1.46. The van der Waals surface area contributed by atoms with Gasteiger partial charge in [-0.2, -0.15) is 23.4 Å². The van der Waals surface area contributed by atoms with Crippen LogP contribution in [0.2, 0.25) is 0 Å². The predicted molar refractivity (Wildman–Crippen MR) is 102 cm³/mol. The molecule has 1 fully saturated rings. The fourth-order valence-electron chi connectivity index (χ4n) is 3.50. The zero-order valence-electron chi connectivity index (χ0n) is 16.1. The van der Waals surface area contributed by atoms with Crippen molar-refractivity contribution in [2.45, 2.75) is 31.9 Å². The molecule has 4 heterocycles. The first kappa shape index (κ1) is 19.9. The van der Waals surface area contributed by atoms with Crippen LogP contribution in [0.4, 0.5) is 24.8 Å². The molecule has 1 amide bonds. The van der Waals surface area contributed by atoms with Crippen molar-refractivity contribution >= 4 is 17.5 Å². The van der Waals surface area contributed by atoms with Crippen molar-refractivity contribution in [3.8, 4) is 0 Å². The molecule has 30 heavy (non-hydrogen) atoms. The lowest BCUT2D eigenvalue weighted by atomic mass is 9.94. The summed E-state index contributed by atoms with van der Waals surface area (Å²) in [5.74, 6) is 0.736. The first-order valence-corrected chi connectivity index (χ1v) is 9.47. The van der Waals surface area contributed by atoms with E-state index in [1.54, 1.807) is 0 Å². The molecule has 1 aliphatic heterocycles. The molecule has 158 valence electrons. The summed E-state index contributed by atoms with van der Waals surface area (Å²) in [6.07, 6.45) is -3.01. The molecule has 3 aromatic rings. The zero-order valence-corrected chi connectivity index (χ0v) is 16.1. The van der Waals surface area contributed by atoms with Gasteiger partial charge in [-0.3, -0.25) is 15.0 Å². The van der Waals surface area contributed by atoms with Crippen molar-refractivity contribution in [1.29, 1.82) is 0 Å². The first-order chi connectivity index (χ1) is 14.3. The number of anilines is 2. The highest BCUT2D eigenvalue weighted by atomic mass is 19.4. The maximum Gasteiger partial charge on any atom is 0.432 e. The number of pyridine rings is 1. The monoisotopic (exact) mass is 419 g/mol. The molecule has 3 aromatic heterocycles. The third-order valence-corrected chi connectivity index (χ3v) is 4.96. The highest BCUT2D eigenvalue weighted by Crippen LogP contribution is 2.30. The van der Waals surface area contributed by atoms with E-state index in [4.69, 9.17) is 0 Å². The number of carbonyl (C=O) groups is 1. The number of hydrogen-bond acceptors (Lipinski definition) is 5. The summed E-state index contributed by atoms with van der Waals surface area (Å²) in [4.78, 5) is 18.8. The number of rotatable bonds is 4. The summed E-state index contributed by atoms with van der Waals surface area (Å²) in [6.45, 7) is 2.73. The molecule has 4 rings (SSSR count). The number of aryl methyl sites for hydroxylation is 1. The summed E-state index contributed by atoms with van der Waals surface area (Å²) in [5, 5.41) is 15.5. The van der Waals surface area contributed by atoms with Gasteiger partial charge in [0, 0.05) is 42.5 Å². The van der Waals surface area contributed by atoms with Gasteiger partial charge in [0.05, 0.1) is 0 Å². The smallest absolute Gasteiger partial charge is 0.337 e. The fraction of sp³-hybridized carbons (Fsp3) is 0.368. The van der Waals surface area contributed by atoms with Gasteiger partial charge in [-0.05, 0) is 31.9 Å². The average molecular weight is 419 g/mol. The minimum absolute atomic E-state index is 0.0219. The van der Waals surface area contributed by atoms with Crippen molar-refractivity contribution in [2.24, 2.45) is 0 Å². The van der Waals surface area contributed by atoms with Crippen LogP contribution >= 0.6 is 0 Å². The molecule has 0 radical (unpaired) electrons. The van der Waals surface area contributed by atoms with Crippen molar-refractivity contribution in [3.05, 3.63) is 53.1 Å². The molecule has 0 unspecified atom stereocenters. The summed E-state index contributed by atoms with van der Waals surface area (Å²) < 4.78 is 38.3. The second kappa shape index (κ2) is 7.81. The van der Waals surface area contributed by atoms with E-state index in [0.29, 0.717) is 24.7 Å².